The first-order valence-electron chi connectivity index (χ1n) is 12.2. The molecule has 0 aliphatic heterocycles. The number of anilines is 2. The van der Waals surface area contributed by atoms with Gasteiger partial charge in [-0.05, 0) is 88.6 Å². The van der Waals surface area contributed by atoms with Crippen LogP contribution in [0, 0.1) is 11.8 Å². The van der Waals surface area contributed by atoms with Crippen molar-refractivity contribution in [2.45, 2.75) is 56.9 Å². The molecule has 36 heavy (non-hydrogen) atoms. The van der Waals surface area contributed by atoms with Crippen LogP contribution in [0.5, 0.6) is 0 Å². The number of aromatic nitrogens is 2. The number of hydrogen-bond acceptors (Lipinski definition) is 6. The molecule has 194 valence electrons. The normalized spacial score (nSPS) is 18.8. The first-order valence-corrected chi connectivity index (χ1v) is 14.5. The van der Waals surface area contributed by atoms with Gasteiger partial charge in [-0.15, -0.1) is 0 Å². The zero-order chi connectivity index (χ0) is 25.9. The molecule has 1 aliphatic rings. The number of benzene rings is 2. The minimum absolute atomic E-state index is 0.0913. The van der Waals surface area contributed by atoms with E-state index in [9.17, 15) is 8.42 Å². The predicted molar refractivity (Wildman–Crippen MR) is 149 cm³/mol. The average Bonchev–Trinajstić information content (AvgIpc) is 2.80. The van der Waals surface area contributed by atoms with Crippen LogP contribution in [-0.2, 0) is 10.0 Å². The number of nitrogens with one attached hydrogen (secondary N) is 3. The van der Waals surface area contributed by atoms with Crippen molar-refractivity contribution in [2.24, 2.45) is 11.8 Å². The Bertz CT molecular complexity index is 1300. The minimum Gasteiger partial charge on any atom is -0.365 e. The van der Waals surface area contributed by atoms with E-state index in [0.717, 1.165) is 48.9 Å². The monoisotopic (exact) mass is 549 g/mol. The Morgan fingerprint density at radius 1 is 0.917 bits per heavy atom. The van der Waals surface area contributed by atoms with E-state index in [1.807, 2.05) is 24.3 Å². The third-order valence-corrected chi connectivity index (χ3v) is 8.16. The fraction of sp³-hybridized carbons (Fsp3) is 0.462. The second-order valence-electron chi connectivity index (χ2n) is 10.5. The molecule has 1 saturated carbocycles. The molecule has 0 bridgehead atoms. The molecule has 0 amide bonds. The lowest BCUT2D eigenvalue weighted by Crippen LogP contribution is -2.32. The maximum Gasteiger partial charge on any atom is 0.240 e. The fourth-order valence-electron chi connectivity index (χ4n) is 4.48. The molecule has 0 spiro atoms. The Morgan fingerprint density at radius 2 is 1.53 bits per heavy atom. The van der Waals surface area contributed by atoms with Crippen LogP contribution in [-0.4, -0.2) is 37.0 Å². The Labute approximate surface area is 223 Å². The van der Waals surface area contributed by atoms with Crippen molar-refractivity contribution >= 4 is 55.9 Å². The summed E-state index contributed by atoms with van der Waals surface area (Å²) in [6.07, 6.45) is 3.95. The topological polar surface area (TPSA) is 96.0 Å². The predicted octanol–water partition coefficient (Wildman–Crippen LogP) is 6.34. The van der Waals surface area contributed by atoms with E-state index in [2.05, 4.69) is 36.1 Å². The van der Waals surface area contributed by atoms with Crippen LogP contribution in [0.2, 0.25) is 10.0 Å². The Hall–Kier alpha value is -2.13. The van der Waals surface area contributed by atoms with Gasteiger partial charge in [0.1, 0.15) is 5.82 Å². The largest absolute Gasteiger partial charge is 0.365 e. The standard InChI is InChI=1S/C26H33Cl2N5O2S/c1-26(2,3)33-24-22-6-4-5-7-23(22)31-25(32-24)29-15-17-8-10-18(11-9-17)16-30-36(34,35)21-13-19(27)12-20(28)14-21/h4-7,12-14,17-18,30H,8-11,15-16H2,1-3H3,(H2,29,31,32,33). The van der Waals surface area contributed by atoms with E-state index in [1.165, 1.54) is 18.2 Å². The van der Waals surface area contributed by atoms with Crippen molar-refractivity contribution in [2.75, 3.05) is 23.7 Å². The lowest BCUT2D eigenvalue weighted by Gasteiger charge is -2.29. The second kappa shape index (κ2) is 11.1. The van der Waals surface area contributed by atoms with Crippen LogP contribution in [0.1, 0.15) is 46.5 Å². The van der Waals surface area contributed by atoms with E-state index in [0.29, 0.717) is 34.4 Å². The zero-order valence-electron chi connectivity index (χ0n) is 20.8. The molecule has 0 unspecified atom stereocenters. The van der Waals surface area contributed by atoms with Gasteiger partial charge in [-0.3, -0.25) is 0 Å². The molecule has 10 heteroatoms. The lowest BCUT2D eigenvalue weighted by molar-refractivity contribution is 0.284. The molecule has 1 fully saturated rings. The Morgan fingerprint density at radius 3 is 2.17 bits per heavy atom. The van der Waals surface area contributed by atoms with Crippen molar-refractivity contribution in [3.63, 3.8) is 0 Å². The minimum atomic E-state index is -3.65. The maximum atomic E-state index is 12.7. The van der Waals surface area contributed by atoms with Gasteiger partial charge in [-0.2, -0.15) is 4.98 Å². The molecule has 3 N–H and O–H groups in total. The van der Waals surface area contributed by atoms with Crippen LogP contribution < -0.4 is 15.4 Å². The quantitative estimate of drug-likeness (QED) is 0.303. The van der Waals surface area contributed by atoms with Crippen LogP contribution in [0.4, 0.5) is 11.8 Å². The van der Waals surface area contributed by atoms with Crippen molar-refractivity contribution in [1.29, 1.82) is 0 Å². The zero-order valence-corrected chi connectivity index (χ0v) is 23.1. The maximum absolute atomic E-state index is 12.7. The number of hydrogen-bond donors (Lipinski definition) is 3. The third-order valence-electron chi connectivity index (χ3n) is 6.32. The summed E-state index contributed by atoms with van der Waals surface area (Å²) >= 11 is 11.9. The summed E-state index contributed by atoms with van der Waals surface area (Å²) in [7, 11) is -3.65. The molecule has 0 radical (unpaired) electrons. The molecular formula is C26H33Cl2N5O2S. The van der Waals surface area contributed by atoms with Gasteiger partial charge in [0.2, 0.25) is 16.0 Å². The van der Waals surface area contributed by atoms with E-state index in [-0.39, 0.29) is 10.4 Å². The van der Waals surface area contributed by atoms with Gasteiger partial charge in [-0.25, -0.2) is 18.1 Å². The van der Waals surface area contributed by atoms with E-state index < -0.39 is 10.0 Å². The number of nitrogens with zero attached hydrogens (tertiary/aromatic N) is 2. The third kappa shape index (κ3) is 7.22. The molecule has 7 nitrogen and oxygen atoms in total. The van der Waals surface area contributed by atoms with Crippen LogP contribution >= 0.6 is 23.2 Å². The molecule has 1 aliphatic carbocycles. The number of halogens is 2. The number of para-hydroxylation sites is 1. The Kier molecular flexibility index (Phi) is 8.29. The summed E-state index contributed by atoms with van der Waals surface area (Å²) in [5.41, 5.74) is 0.784. The number of fused-ring (bicyclic) bond motifs is 1. The molecule has 3 aromatic rings. The van der Waals surface area contributed by atoms with Gasteiger partial charge in [0.25, 0.3) is 0 Å². The van der Waals surface area contributed by atoms with Gasteiger partial charge in [0.05, 0.1) is 10.4 Å². The molecule has 2 aromatic carbocycles. The Balaban J connectivity index is 1.31. The highest BCUT2D eigenvalue weighted by atomic mass is 35.5. The summed E-state index contributed by atoms with van der Waals surface area (Å²) in [5.74, 6) is 2.23. The van der Waals surface area contributed by atoms with Gasteiger partial charge in [0.15, 0.2) is 0 Å². The van der Waals surface area contributed by atoms with Crippen molar-refractivity contribution < 1.29 is 8.42 Å². The molecule has 0 saturated heterocycles. The van der Waals surface area contributed by atoms with Gasteiger partial charge in [0, 0.05) is 34.1 Å². The fourth-order valence-corrected chi connectivity index (χ4v) is 6.32. The van der Waals surface area contributed by atoms with E-state index in [4.69, 9.17) is 33.2 Å². The SMILES string of the molecule is CC(C)(C)Nc1nc(NCC2CCC(CNS(=O)(=O)c3cc(Cl)cc(Cl)c3)CC2)nc2ccccc12. The first-order chi connectivity index (χ1) is 17.0. The van der Waals surface area contributed by atoms with E-state index in [1.54, 1.807) is 0 Å². The van der Waals surface area contributed by atoms with Crippen molar-refractivity contribution in [3.05, 3.63) is 52.5 Å². The van der Waals surface area contributed by atoms with Gasteiger partial charge in [-0.1, -0.05) is 35.3 Å². The summed E-state index contributed by atoms with van der Waals surface area (Å²) in [6, 6.07) is 12.3. The first kappa shape index (κ1) is 26.9. The van der Waals surface area contributed by atoms with Crippen molar-refractivity contribution in [1.82, 2.24) is 14.7 Å². The summed E-state index contributed by atoms with van der Waals surface area (Å²) in [5, 5.41) is 8.53. The van der Waals surface area contributed by atoms with Crippen LogP contribution in [0.25, 0.3) is 10.9 Å². The highest BCUT2D eigenvalue weighted by molar-refractivity contribution is 7.89. The average molecular weight is 551 g/mol. The van der Waals surface area contributed by atoms with Crippen LogP contribution in [0.3, 0.4) is 0 Å². The van der Waals surface area contributed by atoms with Gasteiger partial charge >= 0.3 is 0 Å². The molecule has 0 atom stereocenters. The smallest absolute Gasteiger partial charge is 0.240 e. The number of rotatable bonds is 8. The molecule has 1 aromatic heterocycles. The van der Waals surface area contributed by atoms with Crippen LogP contribution in [0.15, 0.2) is 47.4 Å². The van der Waals surface area contributed by atoms with E-state index >= 15 is 0 Å². The second-order valence-corrected chi connectivity index (χ2v) is 13.2. The highest BCUT2D eigenvalue weighted by Gasteiger charge is 2.24. The summed E-state index contributed by atoms with van der Waals surface area (Å²) < 4.78 is 28.0. The molecule has 4 rings (SSSR count). The molecule has 1 heterocycles. The van der Waals surface area contributed by atoms with Crippen molar-refractivity contribution in [3.8, 4) is 0 Å². The van der Waals surface area contributed by atoms with Gasteiger partial charge < -0.3 is 10.6 Å². The lowest BCUT2D eigenvalue weighted by atomic mass is 9.82. The molecular weight excluding hydrogens is 517 g/mol. The highest BCUT2D eigenvalue weighted by Crippen LogP contribution is 2.30. The summed E-state index contributed by atoms with van der Waals surface area (Å²) in [4.78, 5) is 9.55. The number of sulfonamides is 1. The summed E-state index contributed by atoms with van der Waals surface area (Å²) in [6.45, 7) is 7.52.